The molecule has 0 unspecified atom stereocenters. The van der Waals surface area contributed by atoms with Crippen molar-refractivity contribution >= 4 is 17.0 Å². The molecule has 87 valence electrons. The number of thiazole rings is 1. The highest BCUT2D eigenvalue weighted by Crippen LogP contribution is 2.23. The zero-order chi connectivity index (χ0) is 11.5. The van der Waals surface area contributed by atoms with Crippen LogP contribution in [0.1, 0.15) is 0 Å². The minimum atomic E-state index is 0.822. The molecule has 1 aliphatic rings. The average Bonchev–Trinajstić information content (AvgIpc) is 2.94. The van der Waals surface area contributed by atoms with E-state index in [1.165, 1.54) is 17.0 Å². The molecular formula is C13H13N2OS. The first-order chi connectivity index (χ1) is 8.43. The molecule has 0 atom stereocenters. The third kappa shape index (κ3) is 2.33. The fourth-order valence-corrected chi connectivity index (χ4v) is 2.49. The fraction of sp³-hybridized carbons (Fsp3) is 0.308. The third-order valence-corrected chi connectivity index (χ3v) is 3.47. The normalized spacial score (nSPS) is 16.1. The molecule has 17 heavy (non-hydrogen) atoms. The van der Waals surface area contributed by atoms with E-state index in [0.29, 0.717) is 0 Å². The monoisotopic (exact) mass is 245 g/mol. The maximum Gasteiger partial charge on any atom is 0.152 e. The van der Waals surface area contributed by atoms with Gasteiger partial charge in [0.25, 0.3) is 0 Å². The van der Waals surface area contributed by atoms with Crippen LogP contribution >= 0.6 is 11.3 Å². The van der Waals surface area contributed by atoms with Crippen LogP contribution in [0.25, 0.3) is 11.3 Å². The molecule has 3 nitrogen and oxygen atoms in total. The van der Waals surface area contributed by atoms with E-state index in [2.05, 4.69) is 39.7 Å². The molecular weight excluding hydrogens is 232 g/mol. The molecule has 0 N–H and O–H groups in total. The first-order valence-electron chi connectivity index (χ1n) is 5.68. The van der Waals surface area contributed by atoms with Crippen LogP contribution in [0.2, 0.25) is 0 Å². The number of nitrogens with zero attached hydrogens (tertiary/aromatic N) is 2. The van der Waals surface area contributed by atoms with Crippen molar-refractivity contribution in [2.24, 2.45) is 0 Å². The molecule has 1 aromatic heterocycles. The van der Waals surface area contributed by atoms with Gasteiger partial charge in [0, 0.05) is 29.7 Å². The SMILES string of the molecule is [c]1nc(-c2ccc(N3CCOCC3)cc2)cs1. The van der Waals surface area contributed by atoms with Crippen molar-refractivity contribution in [3.05, 3.63) is 35.2 Å². The van der Waals surface area contributed by atoms with Gasteiger partial charge in [0.2, 0.25) is 0 Å². The van der Waals surface area contributed by atoms with Gasteiger partial charge in [-0.05, 0) is 12.1 Å². The molecule has 0 saturated carbocycles. The number of aromatic nitrogens is 1. The standard InChI is InChI=1S/C13H13N2OS/c1-3-12(15-5-7-16-8-6-15)4-2-11(1)13-9-17-10-14-13/h1-4,9H,5-8H2. The second kappa shape index (κ2) is 4.85. The highest BCUT2D eigenvalue weighted by Gasteiger charge is 2.11. The number of ether oxygens (including phenoxy) is 1. The molecule has 4 heteroatoms. The van der Waals surface area contributed by atoms with Crippen LogP contribution in [0.5, 0.6) is 0 Å². The van der Waals surface area contributed by atoms with Gasteiger partial charge in [-0.2, -0.15) is 0 Å². The lowest BCUT2D eigenvalue weighted by molar-refractivity contribution is 0.122. The molecule has 2 heterocycles. The molecule has 1 aromatic carbocycles. The second-order valence-corrected chi connectivity index (χ2v) is 4.62. The van der Waals surface area contributed by atoms with Gasteiger partial charge >= 0.3 is 0 Å². The number of hydrogen-bond donors (Lipinski definition) is 0. The van der Waals surface area contributed by atoms with Crippen molar-refractivity contribution in [2.75, 3.05) is 31.2 Å². The van der Waals surface area contributed by atoms with Crippen molar-refractivity contribution < 1.29 is 4.74 Å². The van der Waals surface area contributed by atoms with Gasteiger partial charge in [-0.3, -0.25) is 0 Å². The molecule has 1 fully saturated rings. The smallest absolute Gasteiger partial charge is 0.152 e. The first kappa shape index (κ1) is 10.7. The van der Waals surface area contributed by atoms with Crippen LogP contribution in [0.4, 0.5) is 5.69 Å². The summed E-state index contributed by atoms with van der Waals surface area (Å²) < 4.78 is 5.35. The Kier molecular flexibility index (Phi) is 3.07. The predicted octanol–water partition coefficient (Wildman–Crippen LogP) is 2.45. The minimum absolute atomic E-state index is 0.822. The topological polar surface area (TPSA) is 25.4 Å². The van der Waals surface area contributed by atoms with Crippen molar-refractivity contribution in [2.45, 2.75) is 0 Å². The third-order valence-electron chi connectivity index (χ3n) is 2.93. The summed E-state index contributed by atoms with van der Waals surface area (Å²) in [6.07, 6.45) is 0. The van der Waals surface area contributed by atoms with Crippen molar-refractivity contribution in [1.29, 1.82) is 0 Å². The van der Waals surface area contributed by atoms with E-state index in [0.717, 1.165) is 37.6 Å². The minimum Gasteiger partial charge on any atom is -0.378 e. The van der Waals surface area contributed by atoms with E-state index in [1.54, 1.807) is 0 Å². The molecule has 3 rings (SSSR count). The summed E-state index contributed by atoms with van der Waals surface area (Å²) in [4.78, 5) is 6.54. The lowest BCUT2D eigenvalue weighted by atomic mass is 10.1. The Morgan fingerprint density at radius 1 is 1.18 bits per heavy atom. The van der Waals surface area contributed by atoms with Crippen molar-refractivity contribution in [3.63, 3.8) is 0 Å². The van der Waals surface area contributed by atoms with Crippen molar-refractivity contribution in [1.82, 2.24) is 4.98 Å². The van der Waals surface area contributed by atoms with Gasteiger partial charge in [0.1, 0.15) is 0 Å². The lowest BCUT2D eigenvalue weighted by Crippen LogP contribution is -2.36. The fourth-order valence-electron chi connectivity index (χ4n) is 1.98. The lowest BCUT2D eigenvalue weighted by Gasteiger charge is -2.28. The highest BCUT2D eigenvalue weighted by atomic mass is 32.1. The van der Waals surface area contributed by atoms with E-state index < -0.39 is 0 Å². The number of anilines is 1. The number of rotatable bonds is 2. The summed E-state index contributed by atoms with van der Waals surface area (Å²) in [7, 11) is 0. The van der Waals surface area contributed by atoms with E-state index in [4.69, 9.17) is 4.74 Å². The summed E-state index contributed by atoms with van der Waals surface area (Å²) in [6.45, 7) is 3.60. The van der Waals surface area contributed by atoms with Gasteiger partial charge in [-0.15, -0.1) is 11.3 Å². The van der Waals surface area contributed by atoms with Crippen LogP contribution in [0.3, 0.4) is 0 Å². The largest absolute Gasteiger partial charge is 0.378 e. The molecule has 0 spiro atoms. The maximum absolute atomic E-state index is 5.35. The maximum atomic E-state index is 5.35. The Bertz CT molecular complexity index is 461. The number of morpholine rings is 1. The molecule has 0 aliphatic carbocycles. The molecule has 1 radical (unpaired) electrons. The van der Waals surface area contributed by atoms with Gasteiger partial charge in [0.15, 0.2) is 5.51 Å². The van der Waals surface area contributed by atoms with E-state index in [9.17, 15) is 0 Å². The summed E-state index contributed by atoms with van der Waals surface area (Å²) in [6, 6.07) is 8.54. The Labute approximate surface area is 105 Å². The second-order valence-electron chi connectivity index (χ2n) is 3.97. The first-order valence-corrected chi connectivity index (χ1v) is 6.56. The van der Waals surface area contributed by atoms with Gasteiger partial charge in [-0.25, -0.2) is 4.98 Å². The summed E-state index contributed by atoms with van der Waals surface area (Å²) in [5, 5.41) is 2.02. The summed E-state index contributed by atoms with van der Waals surface area (Å²) >= 11 is 1.50. The molecule has 1 aliphatic heterocycles. The quantitative estimate of drug-likeness (QED) is 0.812. The summed E-state index contributed by atoms with van der Waals surface area (Å²) in [5.41, 5.74) is 6.29. The average molecular weight is 245 g/mol. The Morgan fingerprint density at radius 2 is 1.94 bits per heavy atom. The number of benzene rings is 1. The molecule has 0 bridgehead atoms. The Morgan fingerprint density at radius 3 is 2.59 bits per heavy atom. The van der Waals surface area contributed by atoms with E-state index in [-0.39, 0.29) is 0 Å². The van der Waals surface area contributed by atoms with Crippen molar-refractivity contribution in [3.8, 4) is 11.3 Å². The molecule has 2 aromatic rings. The Balaban J connectivity index is 1.80. The zero-order valence-corrected chi connectivity index (χ0v) is 10.2. The van der Waals surface area contributed by atoms with E-state index in [1.807, 2.05) is 5.38 Å². The van der Waals surface area contributed by atoms with Crippen LogP contribution in [-0.4, -0.2) is 31.3 Å². The number of hydrogen-bond acceptors (Lipinski definition) is 4. The summed E-state index contributed by atoms with van der Waals surface area (Å²) in [5.74, 6) is 0. The van der Waals surface area contributed by atoms with Gasteiger partial charge in [-0.1, -0.05) is 12.1 Å². The van der Waals surface area contributed by atoms with Crippen LogP contribution < -0.4 is 4.90 Å². The van der Waals surface area contributed by atoms with Crippen LogP contribution in [0.15, 0.2) is 29.6 Å². The zero-order valence-electron chi connectivity index (χ0n) is 9.43. The van der Waals surface area contributed by atoms with E-state index >= 15 is 0 Å². The Hall–Kier alpha value is -1.39. The van der Waals surface area contributed by atoms with Gasteiger partial charge in [0.05, 0.1) is 18.9 Å². The van der Waals surface area contributed by atoms with Crippen LogP contribution in [-0.2, 0) is 4.74 Å². The molecule has 1 saturated heterocycles. The highest BCUT2D eigenvalue weighted by molar-refractivity contribution is 7.07. The van der Waals surface area contributed by atoms with Crippen LogP contribution in [0, 0.1) is 5.51 Å². The molecule has 0 amide bonds. The predicted molar refractivity (Wildman–Crippen MR) is 69.4 cm³/mol. The van der Waals surface area contributed by atoms with Gasteiger partial charge < -0.3 is 9.64 Å².